The molecule has 0 aromatic heterocycles. The normalized spacial score (nSPS) is 29.3. The molecule has 1 aliphatic heterocycles. The van der Waals surface area contributed by atoms with Crippen molar-refractivity contribution >= 4 is 44.2 Å². The number of hydrogen-bond acceptors (Lipinski definition) is 2. The van der Waals surface area contributed by atoms with E-state index in [9.17, 15) is 0 Å². The van der Waals surface area contributed by atoms with Crippen LogP contribution in [0.3, 0.4) is 0 Å². The molecular formula is C14H20BrIN2. The maximum absolute atomic E-state index is 3.70. The lowest BCUT2D eigenvalue weighted by atomic mass is 9.89. The molecule has 4 heteroatoms. The first-order chi connectivity index (χ1) is 8.47. The van der Waals surface area contributed by atoms with Crippen molar-refractivity contribution in [3.8, 4) is 0 Å². The fourth-order valence-electron chi connectivity index (χ4n) is 2.54. The SMILES string of the molecule is CC1CN(C)C(C)CC1Nc1ccc(Br)c(I)c1. The maximum atomic E-state index is 3.70. The molecular weight excluding hydrogens is 403 g/mol. The highest BCUT2D eigenvalue weighted by atomic mass is 127. The minimum absolute atomic E-state index is 0.577. The van der Waals surface area contributed by atoms with Crippen LogP contribution in [0.1, 0.15) is 20.3 Å². The van der Waals surface area contributed by atoms with Crippen LogP contribution in [0, 0.1) is 9.49 Å². The van der Waals surface area contributed by atoms with E-state index in [1.165, 1.54) is 26.7 Å². The van der Waals surface area contributed by atoms with E-state index in [1.807, 2.05) is 0 Å². The average molecular weight is 423 g/mol. The first-order valence-corrected chi connectivity index (χ1v) is 8.26. The third-order valence-corrected chi connectivity index (χ3v) is 6.21. The summed E-state index contributed by atoms with van der Waals surface area (Å²) in [5, 5.41) is 3.70. The molecule has 1 saturated heterocycles. The number of halogens is 2. The van der Waals surface area contributed by atoms with Crippen LogP contribution in [0.15, 0.2) is 22.7 Å². The van der Waals surface area contributed by atoms with Gasteiger partial charge in [-0.1, -0.05) is 6.92 Å². The van der Waals surface area contributed by atoms with Crippen molar-refractivity contribution in [2.45, 2.75) is 32.4 Å². The van der Waals surface area contributed by atoms with E-state index in [-0.39, 0.29) is 0 Å². The van der Waals surface area contributed by atoms with Gasteiger partial charge in [0, 0.05) is 32.4 Å². The zero-order valence-corrected chi connectivity index (χ0v) is 14.8. The van der Waals surface area contributed by atoms with E-state index in [0.29, 0.717) is 18.0 Å². The predicted octanol–water partition coefficient (Wildman–Crippen LogP) is 4.19. The largest absolute Gasteiger partial charge is 0.382 e. The molecule has 1 aromatic carbocycles. The van der Waals surface area contributed by atoms with E-state index in [0.717, 1.165) is 0 Å². The number of rotatable bonds is 2. The number of benzene rings is 1. The van der Waals surface area contributed by atoms with Gasteiger partial charge in [-0.2, -0.15) is 0 Å². The van der Waals surface area contributed by atoms with Gasteiger partial charge in [-0.25, -0.2) is 0 Å². The second kappa shape index (κ2) is 6.09. The second-order valence-corrected chi connectivity index (χ2v) is 7.40. The van der Waals surface area contributed by atoms with Gasteiger partial charge in [-0.3, -0.25) is 0 Å². The average Bonchev–Trinajstić information content (AvgIpc) is 2.31. The molecule has 0 spiro atoms. The Labute approximate surface area is 132 Å². The van der Waals surface area contributed by atoms with Crippen LogP contribution < -0.4 is 5.32 Å². The van der Waals surface area contributed by atoms with E-state index in [1.54, 1.807) is 0 Å². The van der Waals surface area contributed by atoms with Crippen LogP contribution in [0.5, 0.6) is 0 Å². The van der Waals surface area contributed by atoms with Crippen LogP contribution in [0.2, 0.25) is 0 Å². The topological polar surface area (TPSA) is 15.3 Å². The molecule has 100 valence electrons. The molecule has 0 bridgehead atoms. The van der Waals surface area contributed by atoms with Crippen molar-refractivity contribution in [1.82, 2.24) is 4.90 Å². The Balaban J connectivity index is 2.06. The van der Waals surface area contributed by atoms with Gasteiger partial charge in [0.05, 0.1) is 0 Å². The van der Waals surface area contributed by atoms with Crippen molar-refractivity contribution in [2.24, 2.45) is 5.92 Å². The molecule has 1 aromatic rings. The van der Waals surface area contributed by atoms with Gasteiger partial charge in [-0.05, 0) is 83.0 Å². The molecule has 3 atom stereocenters. The molecule has 18 heavy (non-hydrogen) atoms. The molecule has 0 amide bonds. The number of nitrogens with zero attached hydrogens (tertiary/aromatic N) is 1. The van der Waals surface area contributed by atoms with Crippen LogP contribution >= 0.6 is 38.5 Å². The number of anilines is 1. The smallest absolute Gasteiger partial charge is 0.0353 e. The molecule has 0 radical (unpaired) electrons. The Kier molecular flexibility index (Phi) is 4.94. The summed E-state index contributed by atoms with van der Waals surface area (Å²) in [6, 6.07) is 7.72. The highest BCUT2D eigenvalue weighted by Gasteiger charge is 2.28. The fourth-order valence-corrected chi connectivity index (χ4v) is 3.30. The summed E-state index contributed by atoms with van der Waals surface area (Å²) in [6.45, 7) is 5.82. The van der Waals surface area contributed by atoms with E-state index >= 15 is 0 Å². The monoisotopic (exact) mass is 422 g/mol. The molecule has 3 unspecified atom stereocenters. The fraction of sp³-hybridized carbons (Fsp3) is 0.571. The molecule has 1 fully saturated rings. The van der Waals surface area contributed by atoms with Crippen molar-refractivity contribution in [3.63, 3.8) is 0 Å². The Morgan fingerprint density at radius 2 is 2.11 bits per heavy atom. The number of likely N-dealkylation sites (tertiary alicyclic amines) is 1. The van der Waals surface area contributed by atoms with Crippen LogP contribution in [-0.2, 0) is 0 Å². The van der Waals surface area contributed by atoms with Crippen molar-refractivity contribution in [1.29, 1.82) is 0 Å². The van der Waals surface area contributed by atoms with Crippen LogP contribution in [0.25, 0.3) is 0 Å². The predicted molar refractivity (Wildman–Crippen MR) is 90.1 cm³/mol. The Bertz CT molecular complexity index is 424. The summed E-state index contributed by atoms with van der Waals surface area (Å²) in [4.78, 5) is 2.45. The van der Waals surface area contributed by atoms with Gasteiger partial charge in [0.15, 0.2) is 0 Å². The van der Waals surface area contributed by atoms with E-state index < -0.39 is 0 Å². The highest BCUT2D eigenvalue weighted by Crippen LogP contribution is 2.27. The van der Waals surface area contributed by atoms with Gasteiger partial charge < -0.3 is 10.2 Å². The zero-order chi connectivity index (χ0) is 13.3. The highest BCUT2D eigenvalue weighted by molar-refractivity contribution is 14.1. The first-order valence-electron chi connectivity index (χ1n) is 6.39. The lowest BCUT2D eigenvalue weighted by molar-refractivity contribution is 0.145. The number of nitrogens with one attached hydrogen (secondary N) is 1. The van der Waals surface area contributed by atoms with Crippen molar-refractivity contribution < 1.29 is 0 Å². The third-order valence-electron chi connectivity index (χ3n) is 3.88. The molecule has 0 saturated carbocycles. The minimum atomic E-state index is 0.577. The Morgan fingerprint density at radius 1 is 1.39 bits per heavy atom. The summed E-state index contributed by atoms with van der Waals surface area (Å²) in [7, 11) is 2.22. The summed E-state index contributed by atoms with van der Waals surface area (Å²) in [5.74, 6) is 0.688. The number of hydrogen-bond donors (Lipinski definition) is 1. The molecule has 1 heterocycles. The first kappa shape index (κ1) is 14.6. The summed E-state index contributed by atoms with van der Waals surface area (Å²) >= 11 is 5.90. The summed E-state index contributed by atoms with van der Waals surface area (Å²) in [5.41, 5.74) is 1.23. The molecule has 0 aliphatic carbocycles. The Hall–Kier alpha value is 0.190. The minimum Gasteiger partial charge on any atom is -0.382 e. The van der Waals surface area contributed by atoms with E-state index in [2.05, 4.69) is 87.8 Å². The summed E-state index contributed by atoms with van der Waals surface area (Å²) < 4.78 is 2.42. The molecule has 1 N–H and O–H groups in total. The van der Waals surface area contributed by atoms with Crippen LogP contribution in [-0.4, -0.2) is 30.6 Å². The van der Waals surface area contributed by atoms with Gasteiger partial charge in [0.25, 0.3) is 0 Å². The standard InChI is InChI=1S/C14H20BrIN2/c1-9-8-18(3)10(2)6-14(9)17-11-4-5-12(15)13(16)7-11/h4-5,7,9-10,14,17H,6,8H2,1-3H3. The van der Waals surface area contributed by atoms with Gasteiger partial charge in [-0.15, -0.1) is 0 Å². The van der Waals surface area contributed by atoms with Gasteiger partial charge in [0.1, 0.15) is 0 Å². The lowest BCUT2D eigenvalue weighted by Crippen LogP contribution is -2.48. The molecule has 2 nitrogen and oxygen atoms in total. The van der Waals surface area contributed by atoms with Crippen molar-refractivity contribution in [2.75, 3.05) is 18.9 Å². The third kappa shape index (κ3) is 3.39. The van der Waals surface area contributed by atoms with Gasteiger partial charge >= 0.3 is 0 Å². The Morgan fingerprint density at radius 3 is 2.78 bits per heavy atom. The van der Waals surface area contributed by atoms with Crippen molar-refractivity contribution in [3.05, 3.63) is 26.2 Å². The molecule has 2 rings (SSSR count). The summed E-state index contributed by atoms with van der Waals surface area (Å²) in [6.07, 6.45) is 1.21. The maximum Gasteiger partial charge on any atom is 0.0353 e. The quantitative estimate of drug-likeness (QED) is 0.718. The second-order valence-electron chi connectivity index (χ2n) is 5.38. The van der Waals surface area contributed by atoms with E-state index in [4.69, 9.17) is 0 Å². The van der Waals surface area contributed by atoms with Gasteiger partial charge in [0.2, 0.25) is 0 Å². The zero-order valence-electron chi connectivity index (χ0n) is 11.1. The molecule has 1 aliphatic rings. The lowest BCUT2D eigenvalue weighted by Gasteiger charge is -2.40. The van der Waals surface area contributed by atoms with Crippen LogP contribution in [0.4, 0.5) is 5.69 Å². The number of piperidine rings is 1.